The fourth-order valence-electron chi connectivity index (χ4n) is 4.45. The van der Waals surface area contributed by atoms with Crippen molar-refractivity contribution >= 4 is 5.91 Å². The molecule has 27 heavy (non-hydrogen) atoms. The molecule has 2 aliphatic heterocycles. The molecule has 2 heterocycles. The van der Waals surface area contributed by atoms with Gasteiger partial charge < -0.3 is 14.7 Å². The molecule has 1 amide bonds. The highest BCUT2D eigenvalue weighted by Gasteiger charge is 2.36. The average molecular weight is 378 g/mol. The lowest BCUT2D eigenvalue weighted by Gasteiger charge is -2.37. The van der Waals surface area contributed by atoms with E-state index in [0.29, 0.717) is 13.1 Å². The van der Waals surface area contributed by atoms with E-state index in [4.69, 9.17) is 4.74 Å². The number of ether oxygens (including phenoxy) is 1. The molecule has 1 N–H and O–H groups in total. The van der Waals surface area contributed by atoms with Crippen LogP contribution in [0.3, 0.4) is 0 Å². The number of halogens is 1. The Morgan fingerprint density at radius 2 is 1.85 bits per heavy atom. The molecule has 1 aromatic carbocycles. The maximum absolute atomic E-state index is 13.3. The first kappa shape index (κ1) is 20.2. The van der Waals surface area contributed by atoms with E-state index < -0.39 is 0 Å². The zero-order valence-corrected chi connectivity index (χ0v) is 16.5. The second-order valence-corrected chi connectivity index (χ2v) is 8.22. The highest BCUT2D eigenvalue weighted by atomic mass is 19.1. The number of carbonyl (C=O) groups is 1. The van der Waals surface area contributed by atoms with Crippen LogP contribution in [0, 0.1) is 24.6 Å². The Morgan fingerprint density at radius 3 is 2.48 bits per heavy atom. The number of hydrogen-bond donors (Lipinski definition) is 1. The average Bonchev–Trinajstić information content (AvgIpc) is 2.99. The molecule has 0 saturated carbocycles. The molecule has 0 bridgehead atoms. The van der Waals surface area contributed by atoms with Crippen LogP contribution in [-0.4, -0.2) is 72.4 Å². The summed E-state index contributed by atoms with van der Waals surface area (Å²) in [5, 5.41) is 9.81. The molecular formula is C21H31FN2O3. The summed E-state index contributed by atoms with van der Waals surface area (Å²) in [5.74, 6) is 0.149. The van der Waals surface area contributed by atoms with Crippen molar-refractivity contribution in [2.24, 2.45) is 11.8 Å². The lowest BCUT2D eigenvalue weighted by Crippen LogP contribution is -2.48. The normalized spacial score (nSPS) is 29.3. The van der Waals surface area contributed by atoms with Gasteiger partial charge in [0.2, 0.25) is 5.91 Å². The van der Waals surface area contributed by atoms with Gasteiger partial charge in [-0.15, -0.1) is 0 Å². The molecule has 2 aliphatic rings. The summed E-state index contributed by atoms with van der Waals surface area (Å²) in [4.78, 5) is 17.0. The predicted octanol–water partition coefficient (Wildman–Crippen LogP) is 1.85. The van der Waals surface area contributed by atoms with Gasteiger partial charge in [-0.3, -0.25) is 9.69 Å². The number of nitrogens with zero attached hydrogens (tertiary/aromatic N) is 2. The Kier molecular flexibility index (Phi) is 6.50. The van der Waals surface area contributed by atoms with Crippen molar-refractivity contribution in [1.82, 2.24) is 9.80 Å². The number of hydrogen-bond acceptors (Lipinski definition) is 4. The van der Waals surface area contributed by atoms with E-state index in [2.05, 4.69) is 18.7 Å². The van der Waals surface area contributed by atoms with E-state index in [1.807, 2.05) is 11.8 Å². The van der Waals surface area contributed by atoms with Gasteiger partial charge in [0.15, 0.2) is 0 Å². The van der Waals surface area contributed by atoms with Crippen molar-refractivity contribution in [3.05, 3.63) is 35.1 Å². The second kappa shape index (κ2) is 8.67. The molecule has 3 rings (SSSR count). The van der Waals surface area contributed by atoms with Gasteiger partial charge in [0, 0.05) is 45.2 Å². The van der Waals surface area contributed by atoms with Gasteiger partial charge in [0.1, 0.15) is 5.82 Å². The van der Waals surface area contributed by atoms with Crippen LogP contribution in [0.15, 0.2) is 18.2 Å². The number of aliphatic hydroxyl groups excluding tert-OH is 1. The van der Waals surface area contributed by atoms with Crippen molar-refractivity contribution in [1.29, 1.82) is 0 Å². The lowest BCUT2D eigenvalue weighted by molar-refractivity contribution is -0.129. The van der Waals surface area contributed by atoms with Gasteiger partial charge in [0.05, 0.1) is 18.6 Å². The summed E-state index contributed by atoms with van der Waals surface area (Å²) in [6, 6.07) is 4.56. The number of likely N-dealkylation sites (tertiary alicyclic amines) is 1. The van der Waals surface area contributed by atoms with Crippen LogP contribution in [0.1, 0.15) is 25.0 Å². The zero-order valence-electron chi connectivity index (χ0n) is 16.5. The van der Waals surface area contributed by atoms with Crippen molar-refractivity contribution in [2.45, 2.75) is 39.4 Å². The Balaban J connectivity index is 1.60. The highest BCUT2D eigenvalue weighted by Crippen LogP contribution is 2.26. The molecule has 6 heteroatoms. The quantitative estimate of drug-likeness (QED) is 0.850. The van der Waals surface area contributed by atoms with Gasteiger partial charge in [-0.2, -0.15) is 0 Å². The molecule has 0 radical (unpaired) electrons. The molecule has 1 aromatic rings. The second-order valence-electron chi connectivity index (χ2n) is 8.22. The van der Waals surface area contributed by atoms with Crippen LogP contribution in [-0.2, 0) is 16.0 Å². The smallest absolute Gasteiger partial charge is 0.227 e. The number of rotatable bonds is 5. The molecule has 0 aromatic heterocycles. The minimum atomic E-state index is -0.278. The molecule has 2 saturated heterocycles. The van der Waals surface area contributed by atoms with Crippen LogP contribution >= 0.6 is 0 Å². The minimum Gasteiger partial charge on any atom is -0.396 e. The summed E-state index contributed by atoms with van der Waals surface area (Å²) in [7, 11) is 0. The van der Waals surface area contributed by atoms with E-state index in [1.165, 1.54) is 12.1 Å². The van der Waals surface area contributed by atoms with Gasteiger partial charge in [-0.1, -0.05) is 6.07 Å². The van der Waals surface area contributed by atoms with Gasteiger partial charge in [0.25, 0.3) is 0 Å². The molecule has 5 nitrogen and oxygen atoms in total. The third kappa shape index (κ3) is 5.06. The Hall–Kier alpha value is -1.50. The first-order valence-electron chi connectivity index (χ1n) is 9.87. The summed E-state index contributed by atoms with van der Waals surface area (Å²) in [6.07, 6.45) is 0.701. The Labute approximate surface area is 161 Å². The number of carbonyl (C=O) groups excluding carboxylic acids is 1. The van der Waals surface area contributed by atoms with Crippen LogP contribution in [0.4, 0.5) is 4.39 Å². The van der Waals surface area contributed by atoms with E-state index in [1.54, 1.807) is 6.07 Å². The zero-order chi connectivity index (χ0) is 19.6. The summed E-state index contributed by atoms with van der Waals surface area (Å²) in [5.41, 5.74) is 1.66. The standard InChI is InChI=1S/C21H31FN2O3/c1-14-6-20(22)5-4-17(14)7-21(26)24-11-18(19(12-24)13-25)10-23-8-15(2)27-16(3)9-23/h4-6,15-16,18-19,25H,7-13H2,1-3H3/t15-,16+,18-,19-/m1/s1. The number of amides is 1. The largest absolute Gasteiger partial charge is 0.396 e. The molecule has 0 spiro atoms. The fraction of sp³-hybridized carbons (Fsp3) is 0.667. The Morgan fingerprint density at radius 1 is 1.19 bits per heavy atom. The number of benzene rings is 1. The third-order valence-electron chi connectivity index (χ3n) is 5.80. The molecule has 4 atom stereocenters. The summed E-state index contributed by atoms with van der Waals surface area (Å²) in [6.45, 7) is 10.0. The van der Waals surface area contributed by atoms with Crippen LogP contribution in [0.25, 0.3) is 0 Å². The molecule has 150 valence electrons. The van der Waals surface area contributed by atoms with Crippen LogP contribution < -0.4 is 0 Å². The monoisotopic (exact) mass is 378 g/mol. The molecule has 2 fully saturated rings. The van der Waals surface area contributed by atoms with Crippen LogP contribution in [0.5, 0.6) is 0 Å². The van der Waals surface area contributed by atoms with Gasteiger partial charge in [-0.05, 0) is 49.9 Å². The van der Waals surface area contributed by atoms with Gasteiger partial charge >= 0.3 is 0 Å². The fourth-order valence-corrected chi connectivity index (χ4v) is 4.45. The molecule has 0 aliphatic carbocycles. The van der Waals surface area contributed by atoms with Gasteiger partial charge in [-0.25, -0.2) is 4.39 Å². The maximum Gasteiger partial charge on any atom is 0.227 e. The number of aliphatic hydroxyl groups is 1. The molecule has 0 unspecified atom stereocenters. The van der Waals surface area contributed by atoms with Crippen LogP contribution in [0.2, 0.25) is 0 Å². The first-order valence-corrected chi connectivity index (χ1v) is 9.87. The lowest BCUT2D eigenvalue weighted by atomic mass is 9.96. The highest BCUT2D eigenvalue weighted by molar-refractivity contribution is 5.79. The van der Waals surface area contributed by atoms with Crippen molar-refractivity contribution in [2.75, 3.05) is 39.3 Å². The van der Waals surface area contributed by atoms with E-state index in [9.17, 15) is 14.3 Å². The van der Waals surface area contributed by atoms with Crippen molar-refractivity contribution < 1.29 is 19.0 Å². The number of morpholine rings is 1. The van der Waals surface area contributed by atoms with E-state index >= 15 is 0 Å². The molecular weight excluding hydrogens is 347 g/mol. The van der Waals surface area contributed by atoms with Crippen molar-refractivity contribution in [3.8, 4) is 0 Å². The first-order chi connectivity index (χ1) is 12.9. The van der Waals surface area contributed by atoms with E-state index in [-0.39, 0.29) is 48.8 Å². The third-order valence-corrected chi connectivity index (χ3v) is 5.80. The maximum atomic E-state index is 13.3. The SMILES string of the molecule is Cc1cc(F)ccc1CC(=O)N1C[C@@H](CN2C[C@@H](C)O[C@@H](C)C2)[C@@H](CO)C1. The Bertz CT molecular complexity index is 659. The predicted molar refractivity (Wildman–Crippen MR) is 102 cm³/mol. The summed E-state index contributed by atoms with van der Waals surface area (Å²) >= 11 is 0. The minimum absolute atomic E-state index is 0.0503. The van der Waals surface area contributed by atoms with E-state index in [0.717, 1.165) is 30.8 Å². The number of aryl methyl sites for hydroxylation is 1. The van der Waals surface area contributed by atoms with Crippen molar-refractivity contribution in [3.63, 3.8) is 0 Å². The topological polar surface area (TPSA) is 53.0 Å². The summed E-state index contributed by atoms with van der Waals surface area (Å²) < 4.78 is 19.1.